The number of aliphatic hydroxyl groups excluding tert-OH is 1. The van der Waals surface area contributed by atoms with Gasteiger partial charge < -0.3 is 25.1 Å². The van der Waals surface area contributed by atoms with Crippen LogP contribution >= 0.6 is 0 Å². The third-order valence-corrected chi connectivity index (χ3v) is 4.04. The highest BCUT2D eigenvalue weighted by Gasteiger charge is 2.17. The summed E-state index contributed by atoms with van der Waals surface area (Å²) in [6.45, 7) is 1.97. The van der Waals surface area contributed by atoms with Gasteiger partial charge in [-0.2, -0.15) is 0 Å². The molecule has 26 heavy (non-hydrogen) atoms. The molecule has 0 radical (unpaired) electrons. The molecule has 0 heterocycles. The molecular weight excluding hydrogens is 334 g/mol. The van der Waals surface area contributed by atoms with E-state index in [0.29, 0.717) is 30.1 Å². The molecule has 2 aromatic carbocycles. The Balaban J connectivity index is 2.29. The highest BCUT2D eigenvalue weighted by molar-refractivity contribution is 5.78. The Morgan fingerprint density at radius 1 is 1.08 bits per heavy atom. The second kappa shape index (κ2) is 9.22. The molecule has 6 nitrogen and oxygen atoms in total. The molecule has 0 aliphatic heterocycles. The van der Waals surface area contributed by atoms with Crippen LogP contribution in [0, 0.1) is 0 Å². The maximum Gasteiger partial charge on any atom is 0.323 e. The summed E-state index contributed by atoms with van der Waals surface area (Å²) in [5.41, 5.74) is 9.21. The molecule has 3 N–H and O–H groups in total. The van der Waals surface area contributed by atoms with Crippen LogP contribution in [0.25, 0.3) is 11.1 Å². The van der Waals surface area contributed by atoms with Gasteiger partial charge >= 0.3 is 5.97 Å². The van der Waals surface area contributed by atoms with Crippen LogP contribution in [-0.2, 0) is 22.6 Å². The van der Waals surface area contributed by atoms with Gasteiger partial charge in [0.05, 0.1) is 33.0 Å². The van der Waals surface area contributed by atoms with E-state index in [1.54, 1.807) is 33.3 Å². The zero-order valence-corrected chi connectivity index (χ0v) is 15.3. The summed E-state index contributed by atoms with van der Waals surface area (Å²) in [6, 6.07) is 10.5. The van der Waals surface area contributed by atoms with Gasteiger partial charge in [0.2, 0.25) is 0 Å². The normalized spacial score (nSPS) is 11.7. The number of hydrogen-bond acceptors (Lipinski definition) is 6. The number of ether oxygens (including phenoxy) is 3. The quantitative estimate of drug-likeness (QED) is 0.703. The Bertz CT molecular complexity index is 717. The second-order valence-electron chi connectivity index (χ2n) is 5.79. The number of carbonyl (C=O) groups is 1. The summed E-state index contributed by atoms with van der Waals surface area (Å²) in [5, 5.41) is 9.38. The first-order chi connectivity index (χ1) is 12.5. The Labute approximate surface area is 153 Å². The molecule has 0 saturated carbocycles. The smallest absolute Gasteiger partial charge is 0.323 e. The number of nitrogens with two attached hydrogens (primary N) is 1. The number of hydrogen-bond donors (Lipinski definition) is 2. The lowest BCUT2D eigenvalue weighted by molar-refractivity contribution is -0.144. The summed E-state index contributed by atoms with van der Waals surface area (Å²) < 4.78 is 15.9. The number of benzene rings is 2. The van der Waals surface area contributed by atoms with Crippen LogP contribution in [0.5, 0.6) is 11.5 Å². The average Bonchev–Trinajstić information content (AvgIpc) is 2.67. The molecule has 0 aliphatic rings. The van der Waals surface area contributed by atoms with E-state index in [9.17, 15) is 9.90 Å². The predicted octanol–water partition coefficient (Wildman–Crippen LogP) is 2.30. The zero-order chi connectivity index (χ0) is 19.1. The summed E-state index contributed by atoms with van der Waals surface area (Å²) in [7, 11) is 3.15. The molecule has 0 aliphatic carbocycles. The Kier molecular flexibility index (Phi) is 7.00. The van der Waals surface area contributed by atoms with Crippen molar-refractivity contribution in [3.63, 3.8) is 0 Å². The lowest BCUT2D eigenvalue weighted by atomic mass is 9.98. The fraction of sp³-hybridized carbons (Fsp3) is 0.350. The number of carbonyl (C=O) groups excluding carboxylic acids is 1. The molecule has 0 unspecified atom stereocenters. The largest absolute Gasteiger partial charge is 0.496 e. The second-order valence-corrected chi connectivity index (χ2v) is 5.79. The van der Waals surface area contributed by atoms with Gasteiger partial charge in [0.15, 0.2) is 0 Å². The van der Waals surface area contributed by atoms with E-state index in [-0.39, 0.29) is 6.61 Å². The van der Waals surface area contributed by atoms with E-state index in [4.69, 9.17) is 19.9 Å². The molecule has 0 bridgehead atoms. The van der Waals surface area contributed by atoms with Gasteiger partial charge in [0, 0.05) is 0 Å². The van der Waals surface area contributed by atoms with Gasteiger partial charge in [-0.3, -0.25) is 4.79 Å². The minimum absolute atomic E-state index is 0.0995. The van der Waals surface area contributed by atoms with Crippen LogP contribution in [0.3, 0.4) is 0 Å². The lowest BCUT2D eigenvalue weighted by Crippen LogP contribution is -2.34. The predicted molar refractivity (Wildman–Crippen MR) is 99.2 cm³/mol. The SMILES string of the molecule is CCOC(=O)[C@@H](N)Cc1ccc(-c2c(OC)cc(CO)cc2OC)cc1. The lowest BCUT2D eigenvalue weighted by Gasteiger charge is -2.16. The first-order valence-electron chi connectivity index (χ1n) is 8.41. The van der Waals surface area contributed by atoms with Crippen LogP contribution in [0.1, 0.15) is 18.1 Å². The van der Waals surface area contributed by atoms with Crippen molar-refractivity contribution in [2.45, 2.75) is 26.0 Å². The topological polar surface area (TPSA) is 91.0 Å². The van der Waals surface area contributed by atoms with E-state index in [0.717, 1.165) is 16.7 Å². The maximum atomic E-state index is 11.7. The van der Waals surface area contributed by atoms with Gasteiger partial charge in [0.25, 0.3) is 0 Å². The third-order valence-electron chi connectivity index (χ3n) is 4.04. The zero-order valence-electron chi connectivity index (χ0n) is 15.3. The molecule has 0 aromatic heterocycles. The Hall–Kier alpha value is -2.57. The molecule has 2 rings (SSSR count). The minimum atomic E-state index is -0.686. The first-order valence-corrected chi connectivity index (χ1v) is 8.41. The van der Waals surface area contributed by atoms with Gasteiger partial charge in [0.1, 0.15) is 17.5 Å². The molecule has 0 spiro atoms. The average molecular weight is 359 g/mol. The number of rotatable bonds is 8. The van der Waals surface area contributed by atoms with Crippen molar-refractivity contribution in [1.29, 1.82) is 0 Å². The van der Waals surface area contributed by atoms with E-state index in [1.165, 1.54) is 0 Å². The standard InChI is InChI=1S/C20H25NO5/c1-4-26-20(23)16(21)9-13-5-7-15(8-6-13)19-17(24-2)10-14(12-22)11-18(19)25-3/h5-8,10-11,16,22H,4,9,12,21H2,1-3H3/t16-/m0/s1. The summed E-state index contributed by atoms with van der Waals surface area (Å²) in [6.07, 6.45) is 0.400. The summed E-state index contributed by atoms with van der Waals surface area (Å²) in [4.78, 5) is 11.7. The van der Waals surface area contributed by atoms with Gasteiger partial charge in [-0.1, -0.05) is 24.3 Å². The third kappa shape index (κ3) is 4.53. The van der Waals surface area contributed by atoms with Crippen LogP contribution < -0.4 is 15.2 Å². The van der Waals surface area contributed by atoms with Crippen molar-refractivity contribution in [3.05, 3.63) is 47.5 Å². The van der Waals surface area contributed by atoms with E-state index < -0.39 is 12.0 Å². The summed E-state index contributed by atoms with van der Waals surface area (Å²) in [5.74, 6) is 0.827. The Morgan fingerprint density at radius 2 is 1.65 bits per heavy atom. The summed E-state index contributed by atoms with van der Waals surface area (Å²) >= 11 is 0. The van der Waals surface area contributed by atoms with Crippen molar-refractivity contribution in [2.24, 2.45) is 5.73 Å². The maximum absolute atomic E-state index is 11.7. The van der Waals surface area contributed by atoms with Gasteiger partial charge in [-0.05, 0) is 42.2 Å². The molecule has 2 aromatic rings. The molecule has 6 heteroatoms. The van der Waals surface area contributed by atoms with E-state index >= 15 is 0 Å². The molecule has 0 fully saturated rings. The molecule has 140 valence electrons. The fourth-order valence-corrected chi connectivity index (χ4v) is 2.74. The fourth-order valence-electron chi connectivity index (χ4n) is 2.74. The van der Waals surface area contributed by atoms with Crippen LogP contribution in [0.4, 0.5) is 0 Å². The van der Waals surface area contributed by atoms with Crippen LogP contribution in [0.15, 0.2) is 36.4 Å². The minimum Gasteiger partial charge on any atom is -0.496 e. The van der Waals surface area contributed by atoms with Gasteiger partial charge in [-0.25, -0.2) is 0 Å². The first kappa shape index (κ1) is 19.8. The highest BCUT2D eigenvalue weighted by Crippen LogP contribution is 2.39. The number of methoxy groups -OCH3 is 2. The van der Waals surface area contributed by atoms with Gasteiger partial charge in [-0.15, -0.1) is 0 Å². The van der Waals surface area contributed by atoms with Crippen molar-refractivity contribution in [1.82, 2.24) is 0 Å². The van der Waals surface area contributed by atoms with Crippen LogP contribution in [0.2, 0.25) is 0 Å². The van der Waals surface area contributed by atoms with Crippen molar-refractivity contribution < 1.29 is 24.1 Å². The Morgan fingerprint density at radius 3 is 2.12 bits per heavy atom. The number of aliphatic hydroxyl groups is 1. The van der Waals surface area contributed by atoms with Crippen molar-refractivity contribution >= 4 is 5.97 Å². The van der Waals surface area contributed by atoms with Crippen molar-refractivity contribution in [3.8, 4) is 22.6 Å². The monoisotopic (exact) mass is 359 g/mol. The van der Waals surface area contributed by atoms with Crippen LogP contribution in [-0.4, -0.2) is 37.9 Å². The van der Waals surface area contributed by atoms with E-state index in [1.807, 2.05) is 24.3 Å². The highest BCUT2D eigenvalue weighted by atomic mass is 16.5. The van der Waals surface area contributed by atoms with Crippen molar-refractivity contribution in [2.75, 3.05) is 20.8 Å². The molecular formula is C20H25NO5. The number of esters is 1. The van der Waals surface area contributed by atoms with E-state index in [2.05, 4.69) is 0 Å². The molecule has 1 atom stereocenters. The molecule has 0 amide bonds. The molecule has 0 saturated heterocycles.